The largest absolute Gasteiger partial charge is 0.380 e. The van der Waals surface area contributed by atoms with Crippen LogP contribution in [-0.2, 0) is 4.74 Å². The zero-order chi connectivity index (χ0) is 14.7. The lowest BCUT2D eigenvalue weighted by Gasteiger charge is -2.31. The van der Waals surface area contributed by atoms with Crippen molar-refractivity contribution < 1.29 is 9.53 Å². The molecule has 20 heavy (non-hydrogen) atoms. The third kappa shape index (κ3) is 3.47. The number of piperidine rings is 1. The minimum Gasteiger partial charge on any atom is -0.380 e. The van der Waals surface area contributed by atoms with Crippen molar-refractivity contribution in [1.82, 2.24) is 4.90 Å². The summed E-state index contributed by atoms with van der Waals surface area (Å²) in [4.78, 5) is 14.8. The summed E-state index contributed by atoms with van der Waals surface area (Å²) in [6.45, 7) is 8.50. The van der Waals surface area contributed by atoms with E-state index in [1.807, 2.05) is 13.8 Å². The number of hydrogen-bond acceptors (Lipinski definition) is 3. The summed E-state index contributed by atoms with van der Waals surface area (Å²) in [5, 5.41) is 0. The number of carbonyl (C=O) groups is 1. The number of ketones is 1. The van der Waals surface area contributed by atoms with Crippen LogP contribution in [0.1, 0.15) is 39.9 Å². The molecule has 0 radical (unpaired) electrons. The van der Waals surface area contributed by atoms with Gasteiger partial charge in [0.1, 0.15) is 0 Å². The number of Topliss-reactive ketones (excluding diaryl/α,β-unsaturated/α-hetero) is 1. The lowest BCUT2D eigenvalue weighted by molar-refractivity contribution is 0.0314. The highest BCUT2D eigenvalue weighted by molar-refractivity contribution is 6.00. The van der Waals surface area contributed by atoms with Crippen molar-refractivity contribution in [2.45, 2.75) is 39.7 Å². The van der Waals surface area contributed by atoms with Crippen molar-refractivity contribution in [2.24, 2.45) is 0 Å². The minimum atomic E-state index is 0.233. The highest BCUT2D eigenvalue weighted by atomic mass is 16.5. The van der Waals surface area contributed by atoms with Crippen molar-refractivity contribution in [2.75, 3.05) is 26.7 Å². The molecule has 0 N–H and O–H groups in total. The first-order chi connectivity index (χ1) is 9.51. The first kappa shape index (κ1) is 15.2. The van der Waals surface area contributed by atoms with Crippen LogP contribution >= 0.6 is 0 Å². The Morgan fingerprint density at radius 2 is 1.95 bits per heavy atom. The average molecular weight is 275 g/mol. The molecular weight excluding hydrogens is 250 g/mol. The Hall–Kier alpha value is -1.19. The van der Waals surface area contributed by atoms with Gasteiger partial charge in [0.2, 0.25) is 0 Å². The van der Waals surface area contributed by atoms with Crippen LogP contribution in [0.25, 0.3) is 0 Å². The summed E-state index contributed by atoms with van der Waals surface area (Å²) in [7, 11) is 1.75. The van der Waals surface area contributed by atoms with E-state index in [0.717, 1.165) is 42.6 Å². The maximum atomic E-state index is 12.6. The van der Waals surface area contributed by atoms with Crippen LogP contribution in [0, 0.1) is 20.8 Å². The summed E-state index contributed by atoms with van der Waals surface area (Å²) in [6.07, 6.45) is 2.48. The summed E-state index contributed by atoms with van der Waals surface area (Å²) in [5.74, 6) is 0.233. The van der Waals surface area contributed by atoms with Gasteiger partial charge < -0.3 is 4.74 Å². The second-order valence-electron chi connectivity index (χ2n) is 5.93. The van der Waals surface area contributed by atoms with Gasteiger partial charge in [0.15, 0.2) is 5.78 Å². The number of hydrogen-bond donors (Lipinski definition) is 0. The molecule has 0 spiro atoms. The number of benzene rings is 1. The van der Waals surface area contributed by atoms with Gasteiger partial charge in [0.25, 0.3) is 0 Å². The van der Waals surface area contributed by atoms with Gasteiger partial charge in [0, 0.05) is 19.2 Å². The van der Waals surface area contributed by atoms with E-state index in [9.17, 15) is 4.79 Å². The molecule has 1 atom stereocenters. The molecule has 2 rings (SSSR count). The molecule has 0 aliphatic carbocycles. The maximum Gasteiger partial charge on any atom is 0.177 e. The number of nitrogens with zero attached hydrogens (tertiary/aromatic N) is 1. The molecule has 0 saturated carbocycles. The van der Waals surface area contributed by atoms with Crippen LogP contribution in [0.5, 0.6) is 0 Å². The zero-order valence-electron chi connectivity index (χ0n) is 13.0. The van der Waals surface area contributed by atoms with E-state index in [0.29, 0.717) is 6.54 Å². The number of ether oxygens (including phenoxy) is 1. The fraction of sp³-hybridized carbons (Fsp3) is 0.588. The highest BCUT2D eigenvalue weighted by Crippen LogP contribution is 2.19. The van der Waals surface area contributed by atoms with E-state index in [-0.39, 0.29) is 11.9 Å². The van der Waals surface area contributed by atoms with Gasteiger partial charge in [-0.15, -0.1) is 0 Å². The molecular formula is C17H25NO2. The van der Waals surface area contributed by atoms with Crippen LogP contribution in [0.3, 0.4) is 0 Å². The van der Waals surface area contributed by atoms with Gasteiger partial charge >= 0.3 is 0 Å². The van der Waals surface area contributed by atoms with Crippen molar-refractivity contribution in [3.8, 4) is 0 Å². The van der Waals surface area contributed by atoms with E-state index < -0.39 is 0 Å². The number of carbonyl (C=O) groups excluding carboxylic acids is 1. The van der Waals surface area contributed by atoms with Crippen LogP contribution < -0.4 is 0 Å². The molecule has 1 aliphatic heterocycles. The Morgan fingerprint density at radius 1 is 1.30 bits per heavy atom. The molecule has 0 aromatic heterocycles. The first-order valence-electron chi connectivity index (χ1n) is 7.37. The molecule has 1 unspecified atom stereocenters. The molecule has 3 nitrogen and oxygen atoms in total. The normalized spacial score (nSPS) is 20.1. The molecule has 0 bridgehead atoms. The standard InChI is InChI=1S/C17H25NO2/c1-12-8-13(2)17(14(3)9-12)16(19)11-18-7-5-6-15(10-18)20-4/h8-9,15H,5-7,10-11H2,1-4H3. The fourth-order valence-electron chi connectivity index (χ4n) is 3.25. The van der Waals surface area contributed by atoms with Crippen LogP contribution in [0.4, 0.5) is 0 Å². The Balaban J connectivity index is 2.09. The summed E-state index contributed by atoms with van der Waals surface area (Å²) >= 11 is 0. The Morgan fingerprint density at radius 3 is 2.55 bits per heavy atom. The van der Waals surface area contributed by atoms with Gasteiger partial charge in [-0.3, -0.25) is 9.69 Å². The predicted octanol–water partition coefficient (Wildman–Crippen LogP) is 2.91. The first-order valence-corrected chi connectivity index (χ1v) is 7.37. The number of methoxy groups -OCH3 is 1. The van der Waals surface area contributed by atoms with Gasteiger partial charge in [0.05, 0.1) is 12.6 Å². The highest BCUT2D eigenvalue weighted by Gasteiger charge is 2.22. The zero-order valence-corrected chi connectivity index (χ0v) is 13.0. The fourth-order valence-corrected chi connectivity index (χ4v) is 3.25. The summed E-state index contributed by atoms with van der Waals surface area (Å²) in [6, 6.07) is 4.18. The predicted molar refractivity (Wildman–Crippen MR) is 81.5 cm³/mol. The van der Waals surface area contributed by atoms with E-state index in [2.05, 4.69) is 24.0 Å². The summed E-state index contributed by atoms with van der Waals surface area (Å²) < 4.78 is 5.42. The monoisotopic (exact) mass is 275 g/mol. The van der Waals surface area contributed by atoms with Gasteiger partial charge in [-0.2, -0.15) is 0 Å². The maximum absolute atomic E-state index is 12.6. The lowest BCUT2D eigenvalue weighted by Crippen LogP contribution is -2.42. The SMILES string of the molecule is COC1CCCN(CC(=O)c2c(C)cc(C)cc2C)C1. The molecule has 1 heterocycles. The van der Waals surface area contributed by atoms with E-state index >= 15 is 0 Å². The second-order valence-corrected chi connectivity index (χ2v) is 5.93. The molecule has 1 aromatic rings. The molecule has 0 amide bonds. The molecule has 110 valence electrons. The third-order valence-electron chi connectivity index (χ3n) is 4.12. The van der Waals surface area contributed by atoms with Gasteiger partial charge in [-0.1, -0.05) is 17.7 Å². The number of likely N-dealkylation sites (tertiary alicyclic amines) is 1. The van der Waals surface area contributed by atoms with Crippen LogP contribution in [0.2, 0.25) is 0 Å². The molecule has 1 aliphatic rings. The van der Waals surface area contributed by atoms with E-state index in [1.165, 1.54) is 5.56 Å². The summed E-state index contributed by atoms with van der Waals surface area (Å²) in [5.41, 5.74) is 4.30. The lowest BCUT2D eigenvalue weighted by atomic mass is 9.96. The Kier molecular flexibility index (Phi) is 4.95. The topological polar surface area (TPSA) is 29.5 Å². The molecule has 3 heteroatoms. The van der Waals surface area contributed by atoms with Gasteiger partial charge in [-0.25, -0.2) is 0 Å². The third-order valence-corrected chi connectivity index (χ3v) is 4.12. The van der Waals surface area contributed by atoms with Crippen molar-refractivity contribution >= 4 is 5.78 Å². The molecule has 1 aromatic carbocycles. The second kappa shape index (κ2) is 6.51. The average Bonchev–Trinajstić information content (AvgIpc) is 2.37. The molecule has 1 saturated heterocycles. The van der Waals surface area contributed by atoms with E-state index in [1.54, 1.807) is 7.11 Å². The van der Waals surface area contributed by atoms with Crippen molar-refractivity contribution in [3.05, 3.63) is 34.4 Å². The Labute approximate surface area is 121 Å². The Bertz CT molecular complexity index is 473. The number of rotatable bonds is 4. The molecule has 1 fully saturated rings. The number of aryl methyl sites for hydroxylation is 3. The van der Waals surface area contributed by atoms with Crippen molar-refractivity contribution in [3.63, 3.8) is 0 Å². The van der Waals surface area contributed by atoms with Crippen LogP contribution in [-0.4, -0.2) is 43.5 Å². The van der Waals surface area contributed by atoms with Crippen LogP contribution in [0.15, 0.2) is 12.1 Å². The van der Waals surface area contributed by atoms with E-state index in [4.69, 9.17) is 4.74 Å². The smallest absolute Gasteiger partial charge is 0.177 e. The quantitative estimate of drug-likeness (QED) is 0.791. The minimum absolute atomic E-state index is 0.233. The van der Waals surface area contributed by atoms with Crippen molar-refractivity contribution in [1.29, 1.82) is 0 Å². The van der Waals surface area contributed by atoms with Gasteiger partial charge in [-0.05, 0) is 51.3 Å².